The van der Waals surface area contributed by atoms with Crippen molar-refractivity contribution < 1.29 is 9.47 Å². The van der Waals surface area contributed by atoms with Crippen LogP contribution < -0.4 is 0 Å². The van der Waals surface area contributed by atoms with E-state index in [1.807, 2.05) is 0 Å². The minimum Gasteiger partial charge on any atom is -0.357 e. The molecule has 0 bridgehead atoms. The maximum Gasteiger partial charge on any atom is 0.139 e. The van der Waals surface area contributed by atoms with Crippen molar-refractivity contribution in [1.29, 1.82) is 0 Å². The van der Waals surface area contributed by atoms with Crippen LogP contribution >= 0.6 is 0 Å². The molecule has 0 aromatic carbocycles. The molecule has 1 fully saturated rings. The molecule has 0 amide bonds. The summed E-state index contributed by atoms with van der Waals surface area (Å²) in [5.41, 5.74) is 0.909. The highest BCUT2D eigenvalue weighted by atomic mass is 28.3. The van der Waals surface area contributed by atoms with Gasteiger partial charge in [-0.1, -0.05) is 38.7 Å². The molecule has 0 heterocycles. The van der Waals surface area contributed by atoms with E-state index >= 15 is 0 Å². The zero-order chi connectivity index (χ0) is 11.1. The first kappa shape index (κ1) is 13.2. The van der Waals surface area contributed by atoms with Crippen LogP contribution in [-0.2, 0) is 9.47 Å². The molecule has 0 spiro atoms. The summed E-state index contributed by atoms with van der Waals surface area (Å²) in [5.74, 6) is 0.119. The van der Waals surface area contributed by atoms with E-state index < -0.39 is 8.80 Å². The smallest absolute Gasteiger partial charge is 0.139 e. The van der Waals surface area contributed by atoms with Crippen molar-refractivity contribution in [3.63, 3.8) is 0 Å². The molecular formula is C12H25O2Si. The van der Waals surface area contributed by atoms with Crippen LogP contribution in [0.4, 0.5) is 0 Å². The van der Waals surface area contributed by atoms with Crippen LogP contribution in [0.2, 0.25) is 12.1 Å². The van der Waals surface area contributed by atoms with Crippen LogP contribution in [0.3, 0.4) is 0 Å². The van der Waals surface area contributed by atoms with Crippen LogP contribution in [0.15, 0.2) is 0 Å². The topological polar surface area (TPSA) is 18.5 Å². The fraction of sp³-hybridized carbons (Fsp3) is 1.00. The highest BCUT2D eigenvalue weighted by Gasteiger charge is 2.29. The van der Waals surface area contributed by atoms with Crippen LogP contribution in [0.5, 0.6) is 0 Å². The summed E-state index contributed by atoms with van der Waals surface area (Å²) in [4.78, 5) is 0. The van der Waals surface area contributed by atoms with Gasteiger partial charge in [0.15, 0.2) is 0 Å². The van der Waals surface area contributed by atoms with Crippen LogP contribution in [-0.4, -0.2) is 27.9 Å². The van der Waals surface area contributed by atoms with Crippen molar-refractivity contribution in [3.8, 4) is 0 Å². The lowest BCUT2D eigenvalue weighted by Crippen LogP contribution is -2.38. The predicted molar refractivity (Wildman–Crippen MR) is 65.5 cm³/mol. The largest absolute Gasteiger partial charge is 0.357 e. The Kier molecular flexibility index (Phi) is 6.53. The summed E-state index contributed by atoms with van der Waals surface area (Å²) in [5, 5.41) is 0. The molecule has 0 aliphatic heterocycles. The third-order valence-corrected chi connectivity index (χ3v) is 6.20. The molecule has 0 unspecified atom stereocenters. The van der Waals surface area contributed by atoms with Gasteiger partial charge in [0.25, 0.3) is 0 Å². The SMILES string of the molecule is CCOC(OCC)[Si](C)C1CCCCC1. The minimum absolute atomic E-state index is 0.119. The van der Waals surface area contributed by atoms with Crippen molar-refractivity contribution in [3.05, 3.63) is 0 Å². The summed E-state index contributed by atoms with van der Waals surface area (Å²) >= 11 is 0. The Morgan fingerprint density at radius 2 is 1.60 bits per heavy atom. The molecule has 15 heavy (non-hydrogen) atoms. The van der Waals surface area contributed by atoms with Crippen molar-refractivity contribution in [2.24, 2.45) is 0 Å². The number of rotatable bonds is 6. The second-order valence-electron chi connectivity index (χ2n) is 4.32. The number of hydrogen-bond acceptors (Lipinski definition) is 2. The molecule has 0 aromatic heterocycles. The Hall–Kier alpha value is 0.137. The molecule has 0 N–H and O–H groups in total. The first-order valence-corrected chi connectivity index (χ1v) is 8.51. The summed E-state index contributed by atoms with van der Waals surface area (Å²) < 4.78 is 11.4. The average Bonchev–Trinajstić information content (AvgIpc) is 2.29. The van der Waals surface area contributed by atoms with Crippen LogP contribution in [0, 0.1) is 0 Å². The lowest BCUT2D eigenvalue weighted by molar-refractivity contribution is -0.0863. The lowest BCUT2D eigenvalue weighted by atomic mass is 10.0. The van der Waals surface area contributed by atoms with Crippen LogP contribution in [0.1, 0.15) is 46.0 Å². The minimum atomic E-state index is -0.498. The summed E-state index contributed by atoms with van der Waals surface area (Å²) in [6.45, 7) is 8.06. The summed E-state index contributed by atoms with van der Waals surface area (Å²) in [7, 11) is -0.498. The fourth-order valence-corrected chi connectivity index (χ4v) is 4.93. The highest BCUT2D eigenvalue weighted by Crippen LogP contribution is 2.32. The first-order valence-electron chi connectivity index (χ1n) is 6.36. The van der Waals surface area contributed by atoms with Gasteiger partial charge in [0.1, 0.15) is 14.7 Å². The van der Waals surface area contributed by atoms with Crippen molar-refractivity contribution in [2.45, 2.75) is 64.0 Å². The van der Waals surface area contributed by atoms with Crippen molar-refractivity contribution in [2.75, 3.05) is 13.2 Å². The average molecular weight is 229 g/mol. The predicted octanol–water partition coefficient (Wildman–Crippen LogP) is 3.38. The third-order valence-electron chi connectivity index (χ3n) is 3.26. The van der Waals surface area contributed by atoms with Gasteiger partial charge < -0.3 is 9.47 Å². The molecule has 2 nitrogen and oxygen atoms in total. The summed E-state index contributed by atoms with van der Waals surface area (Å²) in [6.07, 6.45) is 7.07. The Labute approximate surface area is 96.0 Å². The molecule has 0 atom stereocenters. The van der Waals surface area contributed by atoms with Gasteiger partial charge in [0.05, 0.1) is 0 Å². The normalized spacial score (nSPS) is 19.0. The van der Waals surface area contributed by atoms with E-state index in [0.717, 1.165) is 18.8 Å². The van der Waals surface area contributed by atoms with Gasteiger partial charge in [-0.2, -0.15) is 0 Å². The molecule has 3 heteroatoms. The van der Waals surface area contributed by atoms with Gasteiger partial charge in [-0.15, -0.1) is 0 Å². The monoisotopic (exact) mass is 229 g/mol. The second-order valence-corrected chi connectivity index (χ2v) is 7.10. The first-order chi connectivity index (χ1) is 7.29. The molecule has 1 radical (unpaired) electrons. The molecule has 0 aromatic rings. The third kappa shape index (κ3) is 4.25. The van der Waals surface area contributed by atoms with E-state index in [-0.39, 0.29) is 5.91 Å². The van der Waals surface area contributed by atoms with E-state index in [0.29, 0.717) is 0 Å². The highest BCUT2D eigenvalue weighted by molar-refractivity contribution is 6.60. The molecule has 1 aliphatic rings. The van der Waals surface area contributed by atoms with Gasteiger partial charge in [0.2, 0.25) is 0 Å². The quantitative estimate of drug-likeness (QED) is 0.513. The molecule has 0 saturated heterocycles. The van der Waals surface area contributed by atoms with Crippen molar-refractivity contribution >= 4 is 8.80 Å². The Morgan fingerprint density at radius 1 is 1.07 bits per heavy atom. The molecule has 89 valence electrons. The van der Waals surface area contributed by atoms with E-state index in [4.69, 9.17) is 9.47 Å². The van der Waals surface area contributed by atoms with E-state index in [2.05, 4.69) is 20.4 Å². The maximum atomic E-state index is 5.72. The van der Waals surface area contributed by atoms with E-state index in [1.165, 1.54) is 32.1 Å². The van der Waals surface area contributed by atoms with Gasteiger partial charge in [-0.25, -0.2) is 0 Å². The van der Waals surface area contributed by atoms with E-state index in [9.17, 15) is 0 Å². The van der Waals surface area contributed by atoms with Crippen molar-refractivity contribution in [1.82, 2.24) is 0 Å². The Bertz CT molecular complexity index is 152. The van der Waals surface area contributed by atoms with Gasteiger partial charge in [-0.3, -0.25) is 0 Å². The Morgan fingerprint density at radius 3 is 2.07 bits per heavy atom. The standard InChI is InChI=1S/C12H25O2Si/c1-4-13-12(14-5-2)15(3)11-9-7-6-8-10-11/h11-12H,4-10H2,1-3H3. The molecule has 1 rings (SSSR count). The molecular weight excluding hydrogens is 204 g/mol. The zero-order valence-corrected chi connectivity index (χ0v) is 11.4. The molecule has 1 aliphatic carbocycles. The number of ether oxygens (including phenoxy) is 2. The second kappa shape index (κ2) is 7.42. The van der Waals surface area contributed by atoms with Gasteiger partial charge in [-0.05, 0) is 19.4 Å². The Balaban J connectivity index is 2.41. The maximum absolute atomic E-state index is 5.72. The van der Waals surface area contributed by atoms with E-state index in [1.54, 1.807) is 0 Å². The lowest BCUT2D eigenvalue weighted by Gasteiger charge is -2.31. The van der Waals surface area contributed by atoms with Crippen LogP contribution in [0.25, 0.3) is 0 Å². The molecule has 1 saturated carbocycles. The fourth-order valence-electron chi connectivity index (χ4n) is 2.36. The van der Waals surface area contributed by atoms with Gasteiger partial charge in [0, 0.05) is 13.2 Å². The summed E-state index contributed by atoms with van der Waals surface area (Å²) in [6, 6.07) is 0. The van der Waals surface area contributed by atoms with Gasteiger partial charge >= 0.3 is 0 Å². The zero-order valence-electron chi connectivity index (χ0n) is 10.4. The number of hydrogen-bond donors (Lipinski definition) is 0.